The number of esters is 1. The smallest absolute Gasteiger partial charge is 0.311 e. The monoisotopic (exact) mass is 503 g/mol. The van der Waals surface area contributed by atoms with Gasteiger partial charge in [-0.05, 0) is 50.5 Å². The van der Waals surface area contributed by atoms with Crippen LogP contribution in [0.1, 0.15) is 38.6 Å². The molecule has 0 amide bonds. The lowest BCUT2D eigenvalue weighted by molar-refractivity contribution is -0.157. The topological polar surface area (TPSA) is 85.7 Å². The van der Waals surface area contributed by atoms with Crippen LogP contribution in [0.4, 0.5) is 4.39 Å². The predicted octanol–water partition coefficient (Wildman–Crippen LogP) is 5.73. The number of H-pyrrole nitrogens is 1. The van der Waals surface area contributed by atoms with Crippen molar-refractivity contribution in [3.63, 3.8) is 0 Å². The van der Waals surface area contributed by atoms with Gasteiger partial charge < -0.3 is 14.3 Å². The van der Waals surface area contributed by atoms with Crippen molar-refractivity contribution in [2.75, 3.05) is 6.61 Å². The molecule has 4 heterocycles. The molecule has 3 saturated carbocycles. The zero-order chi connectivity index (χ0) is 22.7. The Labute approximate surface area is 206 Å². The lowest BCUT2D eigenvalue weighted by atomic mass is 9.61. The van der Waals surface area contributed by atoms with Crippen LogP contribution in [0.15, 0.2) is 30.9 Å². The largest absolute Gasteiger partial charge is 0.466 e. The van der Waals surface area contributed by atoms with Crippen LogP contribution in [0.25, 0.3) is 33.5 Å². The number of aromatic amines is 1. The van der Waals surface area contributed by atoms with Gasteiger partial charge in [0.2, 0.25) is 0 Å². The molecule has 1 N–H and O–H groups in total. The first-order valence-corrected chi connectivity index (χ1v) is 11.8. The van der Waals surface area contributed by atoms with E-state index in [1.165, 1.54) is 12.4 Å². The van der Waals surface area contributed by atoms with Crippen molar-refractivity contribution in [2.45, 2.75) is 38.6 Å². The third-order valence-electron chi connectivity index (χ3n) is 7.32. The van der Waals surface area contributed by atoms with Crippen molar-refractivity contribution in [3.8, 4) is 11.4 Å². The minimum atomic E-state index is -0.385. The van der Waals surface area contributed by atoms with Gasteiger partial charge in [-0.25, -0.2) is 19.3 Å². The zero-order valence-corrected chi connectivity index (χ0v) is 20.1. The fraction of sp³-hybridized carbons (Fsp3) is 0.417. The molecule has 2 bridgehead atoms. The maximum Gasteiger partial charge on any atom is 0.311 e. The maximum absolute atomic E-state index is 15.0. The van der Waals surface area contributed by atoms with E-state index < -0.39 is 0 Å². The average Bonchev–Trinajstić information content (AvgIpc) is 3.39. The minimum absolute atomic E-state index is 0. The highest BCUT2D eigenvalue weighted by molar-refractivity contribution is 6.31. The molecule has 0 saturated heterocycles. The average molecular weight is 504 g/mol. The first kappa shape index (κ1) is 23.1. The standard InChI is InChI=1S/C24H23ClFN5O2.ClH/c1-2-33-24(32)19-12-3-5-13(6-4-12)20(19)31-11-18(26)17-10-29-22(30-23(17)31)16-9-28-21-15(16)7-14(25)8-27-21;/h7-13,19-20H,2-6H2,1H3,(H,27,28);1H/t12?,13?,19-,20-;/m0./s1. The Morgan fingerprint density at radius 2 is 1.97 bits per heavy atom. The van der Waals surface area contributed by atoms with Gasteiger partial charge in [0, 0.05) is 35.7 Å². The van der Waals surface area contributed by atoms with E-state index >= 15 is 4.39 Å². The molecule has 34 heavy (non-hydrogen) atoms. The number of hydrogen-bond donors (Lipinski definition) is 1. The highest BCUT2D eigenvalue weighted by Gasteiger charge is 2.49. The second kappa shape index (κ2) is 8.82. The molecule has 0 unspecified atom stereocenters. The van der Waals surface area contributed by atoms with Crippen LogP contribution < -0.4 is 0 Å². The molecule has 3 fully saturated rings. The highest BCUT2D eigenvalue weighted by atomic mass is 35.5. The summed E-state index contributed by atoms with van der Waals surface area (Å²) in [7, 11) is 0. The molecule has 3 aliphatic rings. The van der Waals surface area contributed by atoms with Gasteiger partial charge in [-0.15, -0.1) is 12.4 Å². The minimum Gasteiger partial charge on any atom is -0.466 e. The Morgan fingerprint density at radius 3 is 2.74 bits per heavy atom. The van der Waals surface area contributed by atoms with Crippen molar-refractivity contribution in [1.82, 2.24) is 24.5 Å². The predicted molar refractivity (Wildman–Crippen MR) is 129 cm³/mol. The van der Waals surface area contributed by atoms with Gasteiger partial charge in [0.25, 0.3) is 0 Å². The number of halogens is 3. The van der Waals surface area contributed by atoms with Crippen LogP contribution in [-0.2, 0) is 9.53 Å². The van der Waals surface area contributed by atoms with Crippen LogP contribution in [0.5, 0.6) is 0 Å². The third kappa shape index (κ3) is 3.55. The number of pyridine rings is 1. The van der Waals surface area contributed by atoms with Gasteiger partial charge in [-0.3, -0.25) is 4.79 Å². The summed E-state index contributed by atoms with van der Waals surface area (Å²) in [6, 6.07) is 1.63. The molecule has 7 rings (SSSR count). The summed E-state index contributed by atoms with van der Waals surface area (Å²) in [5.41, 5.74) is 1.91. The number of fused-ring (bicyclic) bond motifs is 5. The molecule has 0 spiro atoms. The van der Waals surface area contributed by atoms with Crippen LogP contribution in [0.2, 0.25) is 5.02 Å². The van der Waals surface area contributed by atoms with Gasteiger partial charge in [0.1, 0.15) is 11.3 Å². The molecule has 0 aromatic carbocycles. The molecular formula is C24H24Cl2FN5O2. The second-order valence-corrected chi connectivity index (χ2v) is 9.45. The van der Waals surface area contributed by atoms with E-state index in [-0.39, 0.29) is 48.0 Å². The van der Waals surface area contributed by atoms with Crippen molar-refractivity contribution < 1.29 is 13.9 Å². The van der Waals surface area contributed by atoms with Gasteiger partial charge in [0.05, 0.1) is 29.0 Å². The van der Waals surface area contributed by atoms with Crippen LogP contribution in [0, 0.1) is 23.6 Å². The van der Waals surface area contributed by atoms with E-state index in [4.69, 9.17) is 21.3 Å². The van der Waals surface area contributed by atoms with Crippen LogP contribution in [-0.4, -0.2) is 37.1 Å². The molecule has 0 aliphatic heterocycles. The summed E-state index contributed by atoms with van der Waals surface area (Å²) in [6.45, 7) is 2.16. The molecule has 0 radical (unpaired) electrons. The SMILES string of the molecule is CCOC(=O)[C@H]1C2CCC(CC2)[C@@H]1n1cc(F)c2cnc(-c3c[nH]c4ncc(Cl)cc34)nc21.Cl. The first-order chi connectivity index (χ1) is 16.0. The van der Waals surface area contributed by atoms with Crippen molar-refractivity contribution in [1.29, 1.82) is 0 Å². The summed E-state index contributed by atoms with van der Waals surface area (Å²) in [6.07, 6.45) is 10.4. The summed E-state index contributed by atoms with van der Waals surface area (Å²) in [4.78, 5) is 29.6. The lowest BCUT2D eigenvalue weighted by Crippen LogP contribution is -2.45. The van der Waals surface area contributed by atoms with Crippen molar-refractivity contribution in [3.05, 3.63) is 41.7 Å². The molecule has 4 aromatic heterocycles. The van der Waals surface area contributed by atoms with E-state index in [0.29, 0.717) is 34.1 Å². The number of carbonyl (C=O) groups is 1. The Morgan fingerprint density at radius 1 is 1.21 bits per heavy atom. The molecule has 4 aromatic rings. The van der Waals surface area contributed by atoms with Gasteiger partial charge >= 0.3 is 5.97 Å². The molecule has 2 atom stereocenters. The molecule has 178 valence electrons. The Bertz CT molecular complexity index is 1380. The number of nitrogens with zero attached hydrogens (tertiary/aromatic N) is 4. The van der Waals surface area contributed by atoms with Crippen molar-refractivity contribution in [2.24, 2.45) is 17.8 Å². The fourth-order valence-electron chi connectivity index (χ4n) is 5.90. The van der Waals surface area contributed by atoms with E-state index in [1.807, 2.05) is 11.5 Å². The van der Waals surface area contributed by atoms with E-state index in [2.05, 4.69) is 15.0 Å². The summed E-state index contributed by atoms with van der Waals surface area (Å²) in [5.74, 6) is 0.124. The van der Waals surface area contributed by atoms with Crippen LogP contribution >= 0.6 is 24.0 Å². The summed E-state index contributed by atoms with van der Waals surface area (Å²) >= 11 is 6.15. The first-order valence-electron chi connectivity index (χ1n) is 11.4. The zero-order valence-electron chi connectivity index (χ0n) is 18.5. The Hall–Kier alpha value is -2.71. The number of carbonyl (C=O) groups excluding carboxylic acids is 1. The summed E-state index contributed by atoms with van der Waals surface area (Å²) in [5, 5.41) is 1.65. The number of nitrogens with one attached hydrogen (secondary N) is 1. The number of hydrogen-bond acceptors (Lipinski definition) is 5. The Kier molecular flexibility index (Phi) is 5.98. The van der Waals surface area contributed by atoms with E-state index in [1.54, 1.807) is 18.5 Å². The normalized spacial score (nSPS) is 23.9. The quantitative estimate of drug-likeness (QED) is 0.359. The van der Waals surface area contributed by atoms with Crippen molar-refractivity contribution >= 4 is 52.0 Å². The number of aromatic nitrogens is 5. The van der Waals surface area contributed by atoms with Gasteiger partial charge in [-0.1, -0.05) is 11.6 Å². The second-order valence-electron chi connectivity index (χ2n) is 9.01. The molecule has 10 heteroatoms. The maximum atomic E-state index is 15.0. The van der Waals surface area contributed by atoms with Gasteiger partial charge in [0.15, 0.2) is 11.6 Å². The molecule has 7 nitrogen and oxygen atoms in total. The lowest BCUT2D eigenvalue weighted by Gasteiger charge is -2.47. The van der Waals surface area contributed by atoms with Gasteiger partial charge in [-0.2, -0.15) is 0 Å². The summed E-state index contributed by atoms with van der Waals surface area (Å²) < 4.78 is 22.3. The van der Waals surface area contributed by atoms with E-state index in [9.17, 15) is 4.79 Å². The molecular weight excluding hydrogens is 480 g/mol. The third-order valence-corrected chi connectivity index (χ3v) is 7.52. The van der Waals surface area contributed by atoms with Crippen LogP contribution in [0.3, 0.4) is 0 Å². The number of ether oxygens (including phenoxy) is 1. The van der Waals surface area contributed by atoms with E-state index in [0.717, 1.165) is 36.6 Å². The number of rotatable bonds is 4. The fourth-order valence-corrected chi connectivity index (χ4v) is 6.06. The Balaban J connectivity index is 0.00000241. The highest BCUT2D eigenvalue weighted by Crippen LogP contribution is 2.52. The molecule has 3 aliphatic carbocycles.